The van der Waals surface area contributed by atoms with Gasteiger partial charge in [0.2, 0.25) is 0 Å². The molecule has 2 aromatic carbocycles. The number of para-hydroxylation sites is 1. The van der Waals surface area contributed by atoms with Gasteiger partial charge in [0.15, 0.2) is 11.5 Å². The predicted molar refractivity (Wildman–Crippen MR) is 122 cm³/mol. The Bertz CT molecular complexity index is 1360. The first kappa shape index (κ1) is 18.0. The van der Waals surface area contributed by atoms with Crippen molar-refractivity contribution in [3.8, 4) is 11.4 Å². The predicted octanol–water partition coefficient (Wildman–Crippen LogP) is 4.72. The third-order valence-electron chi connectivity index (χ3n) is 6.04. The van der Waals surface area contributed by atoms with Gasteiger partial charge in [-0.3, -0.25) is 4.40 Å². The standard InChI is InChI=1S/C25H22N6/c1-2-9-18(10-3-1)23-26-21-13-5-4-12-20(21)25(27-23)30-15-8-11-19(17-30)24-29-28-22-14-6-7-16-31(22)24/h1-7,9-10,12-14,16,19H,8,11,15,17H2. The SMILES string of the molecule is c1ccc(-c2nc(N3CCCC(c4nnc5ccccn45)C3)c3ccccc3n2)cc1. The molecule has 0 N–H and O–H groups in total. The fourth-order valence-corrected chi connectivity index (χ4v) is 4.54. The minimum absolute atomic E-state index is 0.306. The number of piperidine rings is 1. The average Bonchev–Trinajstić information content (AvgIpc) is 3.28. The Morgan fingerprint density at radius 1 is 0.806 bits per heavy atom. The summed E-state index contributed by atoms with van der Waals surface area (Å²) < 4.78 is 2.11. The number of fused-ring (bicyclic) bond motifs is 2. The molecule has 0 spiro atoms. The highest BCUT2D eigenvalue weighted by Crippen LogP contribution is 2.33. The highest BCUT2D eigenvalue weighted by atomic mass is 15.3. The van der Waals surface area contributed by atoms with Gasteiger partial charge < -0.3 is 4.90 Å². The summed E-state index contributed by atoms with van der Waals surface area (Å²) in [5.74, 6) is 3.11. The van der Waals surface area contributed by atoms with Crippen LogP contribution in [0.3, 0.4) is 0 Å². The Labute approximate surface area is 180 Å². The van der Waals surface area contributed by atoms with Crippen molar-refractivity contribution < 1.29 is 0 Å². The number of anilines is 1. The third-order valence-corrected chi connectivity index (χ3v) is 6.04. The number of hydrogen-bond donors (Lipinski definition) is 0. The minimum Gasteiger partial charge on any atom is -0.355 e. The van der Waals surface area contributed by atoms with Crippen molar-refractivity contribution in [1.29, 1.82) is 0 Å². The van der Waals surface area contributed by atoms with Gasteiger partial charge in [0.25, 0.3) is 0 Å². The number of benzene rings is 2. The molecule has 0 aliphatic carbocycles. The number of nitrogens with zero attached hydrogens (tertiary/aromatic N) is 6. The molecule has 1 aliphatic heterocycles. The van der Waals surface area contributed by atoms with Gasteiger partial charge in [0, 0.05) is 36.2 Å². The van der Waals surface area contributed by atoms with Crippen molar-refractivity contribution in [3.63, 3.8) is 0 Å². The lowest BCUT2D eigenvalue weighted by Crippen LogP contribution is -2.36. The van der Waals surface area contributed by atoms with Crippen LogP contribution in [-0.2, 0) is 0 Å². The van der Waals surface area contributed by atoms with Gasteiger partial charge in [0.1, 0.15) is 11.6 Å². The monoisotopic (exact) mass is 406 g/mol. The largest absolute Gasteiger partial charge is 0.355 e. The van der Waals surface area contributed by atoms with E-state index in [1.165, 1.54) is 0 Å². The van der Waals surface area contributed by atoms with Crippen LogP contribution in [0, 0.1) is 0 Å². The molecule has 4 heterocycles. The maximum Gasteiger partial charge on any atom is 0.162 e. The molecule has 1 atom stereocenters. The molecule has 6 heteroatoms. The van der Waals surface area contributed by atoms with E-state index in [4.69, 9.17) is 9.97 Å². The maximum atomic E-state index is 5.04. The molecule has 31 heavy (non-hydrogen) atoms. The first-order chi connectivity index (χ1) is 15.4. The lowest BCUT2D eigenvalue weighted by Gasteiger charge is -2.33. The van der Waals surface area contributed by atoms with Gasteiger partial charge in [0.05, 0.1) is 5.52 Å². The topological polar surface area (TPSA) is 59.2 Å². The van der Waals surface area contributed by atoms with Crippen LogP contribution < -0.4 is 4.90 Å². The molecule has 1 saturated heterocycles. The van der Waals surface area contributed by atoms with E-state index in [2.05, 4.69) is 56.0 Å². The average molecular weight is 406 g/mol. The highest BCUT2D eigenvalue weighted by Gasteiger charge is 2.27. The van der Waals surface area contributed by atoms with E-state index < -0.39 is 0 Å². The summed E-state index contributed by atoms with van der Waals surface area (Å²) in [4.78, 5) is 12.3. The molecule has 5 aromatic rings. The molecule has 152 valence electrons. The quantitative estimate of drug-likeness (QED) is 0.434. The zero-order valence-electron chi connectivity index (χ0n) is 17.1. The molecule has 6 nitrogen and oxygen atoms in total. The Kier molecular flexibility index (Phi) is 4.34. The summed E-state index contributed by atoms with van der Waals surface area (Å²) in [5.41, 5.74) is 2.90. The van der Waals surface area contributed by atoms with Gasteiger partial charge in [-0.2, -0.15) is 0 Å². The molecule has 1 fully saturated rings. The van der Waals surface area contributed by atoms with Crippen LogP contribution in [0.5, 0.6) is 0 Å². The smallest absolute Gasteiger partial charge is 0.162 e. The molecule has 0 bridgehead atoms. The van der Waals surface area contributed by atoms with E-state index in [0.29, 0.717) is 5.92 Å². The van der Waals surface area contributed by atoms with Crippen molar-refractivity contribution in [2.45, 2.75) is 18.8 Å². The Morgan fingerprint density at radius 2 is 1.65 bits per heavy atom. The first-order valence-corrected chi connectivity index (χ1v) is 10.7. The van der Waals surface area contributed by atoms with Crippen molar-refractivity contribution in [3.05, 3.63) is 84.8 Å². The van der Waals surface area contributed by atoms with Crippen molar-refractivity contribution in [2.24, 2.45) is 0 Å². The zero-order chi connectivity index (χ0) is 20.6. The normalized spacial score (nSPS) is 16.8. The van der Waals surface area contributed by atoms with E-state index in [1.807, 2.05) is 42.5 Å². The fraction of sp³-hybridized carbons (Fsp3) is 0.200. The lowest BCUT2D eigenvalue weighted by atomic mass is 9.97. The van der Waals surface area contributed by atoms with Crippen LogP contribution >= 0.6 is 0 Å². The summed E-state index contributed by atoms with van der Waals surface area (Å²) in [5, 5.41) is 9.98. The molecular weight excluding hydrogens is 384 g/mol. The van der Waals surface area contributed by atoms with E-state index in [1.54, 1.807) is 0 Å². The molecule has 6 rings (SSSR count). The van der Waals surface area contributed by atoms with Gasteiger partial charge in [-0.15, -0.1) is 10.2 Å². The second-order valence-corrected chi connectivity index (χ2v) is 8.03. The molecule has 1 unspecified atom stereocenters. The number of pyridine rings is 1. The number of aromatic nitrogens is 5. The van der Waals surface area contributed by atoms with Crippen molar-refractivity contribution in [1.82, 2.24) is 24.6 Å². The van der Waals surface area contributed by atoms with E-state index in [9.17, 15) is 0 Å². The van der Waals surface area contributed by atoms with E-state index in [-0.39, 0.29) is 0 Å². The van der Waals surface area contributed by atoms with Gasteiger partial charge in [-0.1, -0.05) is 48.5 Å². The third kappa shape index (κ3) is 3.20. The van der Waals surface area contributed by atoms with Crippen LogP contribution in [0.25, 0.3) is 27.9 Å². The zero-order valence-corrected chi connectivity index (χ0v) is 17.1. The van der Waals surface area contributed by atoms with E-state index >= 15 is 0 Å². The Balaban J connectivity index is 1.42. The lowest BCUT2D eigenvalue weighted by molar-refractivity contribution is 0.486. The molecule has 0 amide bonds. The van der Waals surface area contributed by atoms with Gasteiger partial charge in [-0.25, -0.2) is 9.97 Å². The summed E-state index contributed by atoms with van der Waals surface area (Å²) >= 11 is 0. The van der Waals surface area contributed by atoms with E-state index in [0.717, 1.165) is 65.5 Å². The minimum atomic E-state index is 0.306. The molecule has 0 saturated carbocycles. The maximum absolute atomic E-state index is 5.04. The van der Waals surface area contributed by atoms with Gasteiger partial charge in [-0.05, 0) is 37.1 Å². The second-order valence-electron chi connectivity index (χ2n) is 8.03. The van der Waals surface area contributed by atoms with Crippen LogP contribution in [0.15, 0.2) is 79.0 Å². The molecule has 0 radical (unpaired) electrons. The summed E-state index contributed by atoms with van der Waals surface area (Å²) in [6, 6.07) is 24.5. The summed E-state index contributed by atoms with van der Waals surface area (Å²) in [6.07, 6.45) is 4.24. The fourth-order valence-electron chi connectivity index (χ4n) is 4.54. The van der Waals surface area contributed by atoms with Crippen molar-refractivity contribution in [2.75, 3.05) is 18.0 Å². The summed E-state index contributed by atoms with van der Waals surface area (Å²) in [6.45, 7) is 1.84. The molecular formula is C25H22N6. The molecule has 3 aromatic heterocycles. The van der Waals surface area contributed by atoms with Crippen LogP contribution in [0.1, 0.15) is 24.6 Å². The highest BCUT2D eigenvalue weighted by molar-refractivity contribution is 5.91. The second kappa shape index (κ2) is 7.47. The summed E-state index contributed by atoms with van der Waals surface area (Å²) in [7, 11) is 0. The van der Waals surface area contributed by atoms with Gasteiger partial charge >= 0.3 is 0 Å². The van der Waals surface area contributed by atoms with Crippen LogP contribution in [-0.4, -0.2) is 37.7 Å². The Morgan fingerprint density at radius 3 is 2.58 bits per heavy atom. The van der Waals surface area contributed by atoms with Crippen molar-refractivity contribution >= 4 is 22.4 Å². The van der Waals surface area contributed by atoms with Crippen LogP contribution in [0.4, 0.5) is 5.82 Å². The number of rotatable bonds is 3. The van der Waals surface area contributed by atoms with Crippen LogP contribution in [0.2, 0.25) is 0 Å². The first-order valence-electron chi connectivity index (χ1n) is 10.7. The Hall–Kier alpha value is -3.80. The molecule has 1 aliphatic rings. The number of hydrogen-bond acceptors (Lipinski definition) is 5.